The monoisotopic (exact) mass is 367 g/mol. The number of fused-ring (bicyclic) bond motifs is 1. The lowest BCUT2D eigenvalue weighted by Gasteiger charge is -2.07. The Labute approximate surface area is 132 Å². The van der Waals surface area contributed by atoms with Crippen molar-refractivity contribution >= 4 is 56.7 Å². The summed E-state index contributed by atoms with van der Waals surface area (Å²) >= 11 is 11.0. The minimum absolute atomic E-state index is 0.333. The summed E-state index contributed by atoms with van der Waals surface area (Å²) < 4.78 is 1.000. The molecule has 3 nitrogen and oxygen atoms in total. The number of rotatable bonds is 2. The average molecular weight is 369 g/mol. The van der Waals surface area contributed by atoms with E-state index in [0.717, 1.165) is 14.3 Å². The SMILES string of the molecule is O=C1Nc2cc(Sc3ccc(Br)cc3)c(Cl)cc2C1=O. The van der Waals surface area contributed by atoms with Gasteiger partial charge in [0.25, 0.3) is 11.7 Å². The van der Waals surface area contributed by atoms with Gasteiger partial charge in [-0.2, -0.15) is 0 Å². The molecule has 2 aromatic carbocycles. The maximum atomic E-state index is 11.6. The Morgan fingerprint density at radius 1 is 1.10 bits per heavy atom. The molecule has 1 heterocycles. The molecule has 0 aromatic heterocycles. The summed E-state index contributed by atoms with van der Waals surface area (Å²) in [5.74, 6) is -1.15. The summed E-state index contributed by atoms with van der Waals surface area (Å²) in [5.41, 5.74) is 0.851. The van der Waals surface area contributed by atoms with E-state index in [1.165, 1.54) is 17.8 Å². The van der Waals surface area contributed by atoms with E-state index in [0.29, 0.717) is 16.3 Å². The smallest absolute Gasteiger partial charge is 0.296 e. The first-order valence-electron chi connectivity index (χ1n) is 5.67. The van der Waals surface area contributed by atoms with Crippen LogP contribution in [0.3, 0.4) is 0 Å². The number of amides is 1. The predicted molar refractivity (Wildman–Crippen MR) is 82.7 cm³/mol. The van der Waals surface area contributed by atoms with E-state index in [2.05, 4.69) is 21.2 Å². The fourth-order valence-electron chi connectivity index (χ4n) is 1.85. The van der Waals surface area contributed by atoms with Crippen molar-refractivity contribution in [3.05, 3.63) is 51.5 Å². The molecule has 1 aliphatic rings. The standard InChI is InChI=1S/C14H7BrClNO2S/c15-7-1-3-8(4-2-7)20-12-6-11-9(5-10(12)16)13(18)14(19)17-11/h1-6H,(H,17,18,19). The van der Waals surface area contributed by atoms with Crippen LogP contribution in [0.15, 0.2) is 50.7 Å². The van der Waals surface area contributed by atoms with Gasteiger partial charge >= 0.3 is 0 Å². The fraction of sp³-hybridized carbons (Fsp3) is 0. The van der Waals surface area contributed by atoms with Gasteiger partial charge in [-0.15, -0.1) is 0 Å². The fourth-order valence-corrected chi connectivity index (χ4v) is 3.26. The van der Waals surface area contributed by atoms with E-state index in [1.54, 1.807) is 6.07 Å². The van der Waals surface area contributed by atoms with Crippen LogP contribution in [0, 0.1) is 0 Å². The number of ketones is 1. The van der Waals surface area contributed by atoms with Gasteiger partial charge in [0, 0.05) is 14.3 Å². The maximum absolute atomic E-state index is 11.6. The number of hydrogen-bond donors (Lipinski definition) is 1. The van der Waals surface area contributed by atoms with E-state index in [1.807, 2.05) is 24.3 Å². The van der Waals surface area contributed by atoms with Crippen LogP contribution in [-0.2, 0) is 4.79 Å². The number of carbonyl (C=O) groups excluding carboxylic acids is 2. The molecule has 0 spiro atoms. The summed E-state index contributed by atoms with van der Waals surface area (Å²) in [5, 5.41) is 3.00. The summed E-state index contributed by atoms with van der Waals surface area (Å²) in [7, 11) is 0. The third-order valence-corrected chi connectivity index (χ3v) is 4.83. The second-order valence-electron chi connectivity index (χ2n) is 4.17. The van der Waals surface area contributed by atoms with Crippen LogP contribution in [0.1, 0.15) is 10.4 Å². The van der Waals surface area contributed by atoms with Gasteiger partial charge in [-0.1, -0.05) is 39.3 Å². The topological polar surface area (TPSA) is 46.2 Å². The molecule has 1 aliphatic heterocycles. The zero-order valence-electron chi connectivity index (χ0n) is 9.94. The molecule has 3 rings (SSSR count). The van der Waals surface area contributed by atoms with Gasteiger partial charge in [0.2, 0.25) is 0 Å². The summed E-state index contributed by atoms with van der Waals surface area (Å²) in [6.45, 7) is 0. The lowest BCUT2D eigenvalue weighted by Crippen LogP contribution is -2.12. The Morgan fingerprint density at radius 3 is 2.50 bits per heavy atom. The molecule has 0 atom stereocenters. The molecule has 1 N–H and O–H groups in total. The normalized spacial score (nSPS) is 13.3. The van der Waals surface area contributed by atoms with Crippen molar-refractivity contribution in [3.63, 3.8) is 0 Å². The molecule has 0 aliphatic carbocycles. The van der Waals surface area contributed by atoms with Crippen molar-refractivity contribution in [3.8, 4) is 0 Å². The zero-order valence-corrected chi connectivity index (χ0v) is 13.1. The molecule has 0 unspecified atom stereocenters. The molecule has 0 fully saturated rings. The van der Waals surface area contributed by atoms with Crippen LogP contribution in [0.5, 0.6) is 0 Å². The minimum atomic E-state index is -0.609. The van der Waals surface area contributed by atoms with E-state index in [9.17, 15) is 9.59 Å². The molecule has 100 valence electrons. The van der Waals surface area contributed by atoms with Gasteiger partial charge in [0.15, 0.2) is 0 Å². The maximum Gasteiger partial charge on any atom is 0.296 e. The van der Waals surface area contributed by atoms with Crippen LogP contribution in [-0.4, -0.2) is 11.7 Å². The van der Waals surface area contributed by atoms with Crippen LogP contribution < -0.4 is 5.32 Å². The van der Waals surface area contributed by atoms with Gasteiger partial charge in [0.05, 0.1) is 16.3 Å². The molecular weight excluding hydrogens is 362 g/mol. The Kier molecular flexibility index (Phi) is 3.58. The quantitative estimate of drug-likeness (QED) is 0.800. The van der Waals surface area contributed by atoms with Crippen molar-refractivity contribution in [2.24, 2.45) is 0 Å². The Balaban J connectivity index is 1.96. The molecule has 1 amide bonds. The van der Waals surface area contributed by atoms with Crippen LogP contribution in [0.2, 0.25) is 5.02 Å². The Hall–Kier alpha value is -1.30. The van der Waals surface area contributed by atoms with Gasteiger partial charge in [-0.05, 0) is 36.4 Å². The highest BCUT2D eigenvalue weighted by molar-refractivity contribution is 9.10. The molecule has 0 saturated heterocycles. The van der Waals surface area contributed by atoms with Crippen LogP contribution in [0.4, 0.5) is 5.69 Å². The number of Topliss-reactive ketones (excluding diaryl/α,β-unsaturated/α-hetero) is 1. The molecule has 2 aromatic rings. The third-order valence-electron chi connectivity index (χ3n) is 2.81. The lowest BCUT2D eigenvalue weighted by atomic mass is 10.1. The molecule has 0 bridgehead atoms. The van der Waals surface area contributed by atoms with E-state index >= 15 is 0 Å². The van der Waals surface area contributed by atoms with Crippen LogP contribution in [0.25, 0.3) is 0 Å². The van der Waals surface area contributed by atoms with Gasteiger partial charge in [-0.3, -0.25) is 9.59 Å². The van der Waals surface area contributed by atoms with E-state index in [-0.39, 0.29) is 0 Å². The molecule has 6 heteroatoms. The van der Waals surface area contributed by atoms with Crippen molar-refractivity contribution in [1.82, 2.24) is 0 Å². The van der Waals surface area contributed by atoms with Crippen molar-refractivity contribution in [2.45, 2.75) is 9.79 Å². The van der Waals surface area contributed by atoms with E-state index < -0.39 is 11.7 Å². The number of halogens is 2. The van der Waals surface area contributed by atoms with Crippen LogP contribution >= 0.6 is 39.3 Å². The number of benzene rings is 2. The first kappa shape index (κ1) is 13.7. The molecule has 0 radical (unpaired) electrons. The predicted octanol–water partition coefficient (Wildman–Crippen LogP) is 4.39. The van der Waals surface area contributed by atoms with Crippen molar-refractivity contribution in [2.75, 3.05) is 5.32 Å². The number of carbonyl (C=O) groups is 2. The summed E-state index contributed by atoms with van der Waals surface area (Å²) in [4.78, 5) is 24.7. The first-order chi connectivity index (χ1) is 9.54. The number of nitrogens with one attached hydrogen (secondary N) is 1. The molecule has 20 heavy (non-hydrogen) atoms. The van der Waals surface area contributed by atoms with Gasteiger partial charge < -0.3 is 5.32 Å². The largest absolute Gasteiger partial charge is 0.318 e. The minimum Gasteiger partial charge on any atom is -0.318 e. The van der Waals surface area contributed by atoms with Gasteiger partial charge in [0.1, 0.15) is 0 Å². The number of anilines is 1. The highest BCUT2D eigenvalue weighted by Gasteiger charge is 2.29. The van der Waals surface area contributed by atoms with E-state index in [4.69, 9.17) is 11.6 Å². The first-order valence-corrected chi connectivity index (χ1v) is 7.66. The molecule has 0 saturated carbocycles. The highest BCUT2D eigenvalue weighted by Crippen LogP contribution is 2.38. The third kappa shape index (κ3) is 2.49. The summed E-state index contributed by atoms with van der Waals surface area (Å²) in [6, 6.07) is 11.1. The number of hydrogen-bond acceptors (Lipinski definition) is 3. The van der Waals surface area contributed by atoms with Crippen molar-refractivity contribution < 1.29 is 9.59 Å². The second kappa shape index (κ2) is 5.24. The highest BCUT2D eigenvalue weighted by atomic mass is 79.9. The summed E-state index contributed by atoms with van der Waals surface area (Å²) in [6.07, 6.45) is 0. The average Bonchev–Trinajstić information content (AvgIpc) is 2.69. The zero-order chi connectivity index (χ0) is 14.3. The van der Waals surface area contributed by atoms with Gasteiger partial charge in [-0.25, -0.2) is 0 Å². The second-order valence-corrected chi connectivity index (χ2v) is 6.61. The van der Waals surface area contributed by atoms with Crippen molar-refractivity contribution in [1.29, 1.82) is 0 Å². The molecular formula is C14H7BrClNO2S. The lowest BCUT2D eigenvalue weighted by molar-refractivity contribution is -0.112. The Bertz CT molecular complexity index is 731. The Morgan fingerprint density at radius 2 is 1.80 bits per heavy atom.